The van der Waals surface area contributed by atoms with Crippen LogP contribution in [0.1, 0.15) is 193 Å². The number of rotatable bonds is 15. The number of para-hydroxylation sites is 4. The minimum Gasteiger partial charge on any atom is -0.311 e. The first-order chi connectivity index (χ1) is 58.1. The van der Waals surface area contributed by atoms with E-state index in [0.717, 1.165) is 198 Å². The molecule has 0 fully saturated rings. The van der Waals surface area contributed by atoms with Gasteiger partial charge in [0.25, 0.3) is 6.71 Å². The van der Waals surface area contributed by atoms with Gasteiger partial charge in [-0.2, -0.15) is 0 Å². The Kier molecular flexibility index (Phi) is 18.1. The fraction of sp³-hybridized carbons (Fsp3) is 0.310. The second-order valence-corrected chi connectivity index (χ2v) is 42.0. The molecule has 0 N–H and O–H groups in total. The quantitative estimate of drug-likeness (QED) is 0.0951. The molecule has 118 heavy (non-hydrogen) atoms. The van der Waals surface area contributed by atoms with Crippen LogP contribution in [0.25, 0.3) is 99.5 Å². The molecule has 596 valence electrons. The lowest BCUT2D eigenvalue weighted by atomic mass is 9.33. The van der Waals surface area contributed by atoms with Crippen LogP contribution in [0.4, 0.5) is 34.1 Å². The second-order valence-electron chi connectivity index (χ2n) is 42.0. The van der Waals surface area contributed by atoms with E-state index >= 15 is 0 Å². The van der Waals surface area contributed by atoms with Crippen LogP contribution in [0, 0.1) is 37.9 Å². The number of anilines is 6. The highest BCUT2D eigenvalue weighted by Crippen LogP contribution is 2.54. The van der Waals surface area contributed by atoms with Gasteiger partial charge in [-0.15, -0.1) is 0 Å². The van der Waals surface area contributed by atoms with Crippen molar-refractivity contribution in [1.29, 1.82) is 0 Å². The maximum absolute atomic E-state index is 11.1. The van der Waals surface area contributed by atoms with Crippen LogP contribution >= 0.6 is 0 Å². The summed E-state index contributed by atoms with van der Waals surface area (Å²) >= 11 is 0. The Balaban J connectivity index is 1.10. The molecule has 0 bridgehead atoms. The Morgan fingerprint density at radius 1 is 0.246 bits per heavy atom. The topological polar surface area (TPSA) is 16.3 Å². The molecule has 0 saturated heterocycles. The fourth-order valence-corrected chi connectivity index (χ4v) is 19.0. The summed E-state index contributed by atoms with van der Waals surface area (Å²) in [6.45, 7) is 45.1. The van der Waals surface area contributed by atoms with Crippen molar-refractivity contribution in [2.75, 3.05) is 9.80 Å². The number of hydrogen-bond acceptors (Lipinski definition) is 2. The number of benzene rings is 13. The molecule has 13 aromatic carbocycles. The third-order valence-corrected chi connectivity index (χ3v) is 22.9. The van der Waals surface area contributed by atoms with Gasteiger partial charge in [-0.3, -0.25) is 0 Å². The molecule has 0 radical (unpaired) electrons. The number of nitrogens with zero attached hydrogens (tertiary/aromatic N) is 4. The van der Waals surface area contributed by atoms with E-state index in [1.54, 1.807) is 0 Å². The molecule has 2 aliphatic heterocycles. The van der Waals surface area contributed by atoms with E-state index in [1.807, 2.05) is 62.3 Å². The molecule has 0 atom stereocenters. The molecule has 15 aromatic rings. The molecule has 0 saturated carbocycles. The summed E-state index contributed by atoms with van der Waals surface area (Å²) in [5.41, 5.74) is 24.3. The van der Waals surface area contributed by atoms with Crippen LogP contribution in [0.15, 0.2) is 267 Å². The van der Waals surface area contributed by atoms with Crippen molar-refractivity contribution in [3.05, 3.63) is 306 Å². The van der Waals surface area contributed by atoms with Gasteiger partial charge < -0.3 is 18.9 Å². The second kappa shape index (κ2) is 29.6. The van der Waals surface area contributed by atoms with Crippen LogP contribution < -0.4 is 26.2 Å². The molecule has 5 heteroatoms. The Labute approximate surface area is 713 Å². The molecule has 0 aliphatic carbocycles. The van der Waals surface area contributed by atoms with Crippen molar-refractivity contribution in [1.82, 2.24) is 9.13 Å². The number of hydrogen-bond donors (Lipinski definition) is 0. The van der Waals surface area contributed by atoms with E-state index in [4.69, 9.17) is 0 Å². The SMILES string of the molecule is [2H]C([2H])(c1cc2c3c(c1)N(c1cc(-c4cccc(CC(C)(C)C)c4)c(C([2H])([2H])C(C)(C)C)cc1-c1cccc(CC(C)(C)C)c1)c1cc(-n4c5ccccc5c5ccccc54)ccc1B3c1ccc(-n3c4ccccc4c4ccccc43)cc1N2c1cc(-c2cccc(CC(C)(C)C)c2)c(C([2H])([2H])C(C)(C)C)cc1-c1cccc(CC(C)(C)C)c1)C(C)(C)C. The summed E-state index contributed by atoms with van der Waals surface area (Å²) in [7, 11) is 0. The monoisotopic (exact) mass is 1550 g/mol. The van der Waals surface area contributed by atoms with Gasteiger partial charge in [-0.1, -0.05) is 327 Å². The lowest BCUT2D eigenvalue weighted by molar-refractivity contribution is 0.410. The van der Waals surface area contributed by atoms with Crippen molar-refractivity contribution in [2.24, 2.45) is 37.9 Å². The highest BCUT2D eigenvalue weighted by atomic mass is 15.2. The summed E-state index contributed by atoms with van der Waals surface area (Å²) in [5.74, 6) is 0. The highest BCUT2D eigenvalue weighted by Gasteiger charge is 2.46. The molecule has 4 heterocycles. The molecular formula is C113H121BN4. The average Bonchev–Trinajstić information content (AvgIpc) is 0.716. The van der Waals surface area contributed by atoms with E-state index in [2.05, 4.69) is 369 Å². The molecular weight excluding hydrogens is 1420 g/mol. The van der Waals surface area contributed by atoms with Crippen LogP contribution in [0.5, 0.6) is 0 Å². The Morgan fingerprint density at radius 3 is 0.839 bits per heavy atom. The zero-order valence-corrected chi connectivity index (χ0v) is 73.6. The van der Waals surface area contributed by atoms with Gasteiger partial charge in [0.1, 0.15) is 0 Å². The first-order valence-electron chi connectivity index (χ1n) is 45.9. The number of fused-ring (bicyclic) bond motifs is 10. The lowest BCUT2D eigenvalue weighted by Gasteiger charge is -2.46. The van der Waals surface area contributed by atoms with Crippen LogP contribution in [-0.2, 0) is 44.8 Å². The Hall–Kier alpha value is -10.9. The Bertz CT molecular complexity index is 6240. The van der Waals surface area contributed by atoms with Crippen LogP contribution in [0.3, 0.4) is 0 Å². The zero-order valence-electron chi connectivity index (χ0n) is 79.6. The number of aromatic nitrogens is 2. The van der Waals surface area contributed by atoms with Gasteiger partial charge in [0.15, 0.2) is 0 Å². The van der Waals surface area contributed by atoms with E-state index in [9.17, 15) is 8.22 Å². The fourth-order valence-electron chi connectivity index (χ4n) is 19.0. The first kappa shape index (κ1) is 72.4. The van der Waals surface area contributed by atoms with E-state index < -0.39 is 42.1 Å². The minimum atomic E-state index is -2.02. The smallest absolute Gasteiger partial charge is 0.252 e. The molecule has 0 amide bonds. The maximum Gasteiger partial charge on any atom is 0.252 e. The standard InChI is InChI=1S/C113H121BN4/c1-107(2,3)66-73-34-30-38-78(54-73)90-64-100(92(60-82(90)71-112(16,17)18)80-40-32-36-75(56-80)68-109(7,8)9)117-102-62-84(115-96-46-26-22-42-86(96)87-43-23-27-47-97(87)115)50-52-94(102)114-95-53-51-85(116-98-48-28-24-44-88(98)89-45-25-29-49-99(89)116)63-103(95)118(105-59-77(70-111(13,14)15)58-104(117)106(105)114)101-65-91(79-39-31-35-74(55-79)67-108(4,5)6)83(72-113(19,20)21)61-93(101)81-41-33-37-76(57-81)69-110(10,11)12/h22-65H,66-72H2,1-21H3/i70D2,71D2,72D2. The van der Waals surface area contributed by atoms with Crippen LogP contribution in [0.2, 0.25) is 0 Å². The lowest BCUT2D eigenvalue weighted by Crippen LogP contribution is -2.61. The van der Waals surface area contributed by atoms with Gasteiger partial charge in [-0.05, 0) is 256 Å². The van der Waals surface area contributed by atoms with Crippen molar-refractivity contribution in [3.8, 4) is 55.9 Å². The van der Waals surface area contributed by atoms with Crippen molar-refractivity contribution < 1.29 is 8.22 Å². The predicted molar refractivity (Wildman–Crippen MR) is 513 cm³/mol. The van der Waals surface area contributed by atoms with Gasteiger partial charge in [-0.25, -0.2) is 0 Å². The predicted octanol–water partition coefficient (Wildman–Crippen LogP) is 29.8. The summed E-state index contributed by atoms with van der Waals surface area (Å²) in [6.07, 6.45) is -2.65. The molecule has 4 nitrogen and oxygen atoms in total. The van der Waals surface area contributed by atoms with Crippen molar-refractivity contribution in [3.63, 3.8) is 0 Å². The van der Waals surface area contributed by atoms with E-state index in [-0.39, 0.29) is 21.7 Å². The van der Waals surface area contributed by atoms with Crippen molar-refractivity contribution >= 4 is 101 Å². The van der Waals surface area contributed by atoms with Crippen molar-refractivity contribution in [2.45, 2.75) is 190 Å². The third kappa shape index (κ3) is 16.1. The molecule has 2 aliphatic rings. The third-order valence-electron chi connectivity index (χ3n) is 22.9. The molecule has 17 rings (SSSR count). The van der Waals surface area contributed by atoms with Gasteiger partial charge in [0.05, 0.1) is 33.4 Å². The highest BCUT2D eigenvalue weighted by molar-refractivity contribution is 7.00. The summed E-state index contributed by atoms with van der Waals surface area (Å²) in [6, 6.07) is 98.1. The largest absolute Gasteiger partial charge is 0.311 e. The van der Waals surface area contributed by atoms with Gasteiger partial charge in [0.2, 0.25) is 0 Å². The minimum absolute atomic E-state index is 0.0596. The van der Waals surface area contributed by atoms with Crippen LogP contribution in [-0.4, -0.2) is 15.8 Å². The maximum atomic E-state index is 11.1. The zero-order chi connectivity index (χ0) is 88.5. The molecule has 0 spiro atoms. The normalized spacial score (nSPS) is 14.6. The first-order valence-corrected chi connectivity index (χ1v) is 42.9. The van der Waals surface area contributed by atoms with Gasteiger partial charge >= 0.3 is 0 Å². The summed E-state index contributed by atoms with van der Waals surface area (Å²) in [5, 5.41) is 4.56. The molecule has 2 aromatic heterocycles. The summed E-state index contributed by atoms with van der Waals surface area (Å²) in [4.78, 5) is 4.96. The van der Waals surface area contributed by atoms with Gasteiger partial charge in [0, 0.05) is 75.0 Å². The van der Waals surface area contributed by atoms with E-state index in [0.29, 0.717) is 16.7 Å². The Morgan fingerprint density at radius 2 is 0.542 bits per heavy atom. The average molecular weight is 1550 g/mol. The summed E-state index contributed by atoms with van der Waals surface area (Å²) < 4.78 is 70.2. The van der Waals surface area contributed by atoms with E-state index in [1.165, 1.54) is 0 Å². The molecule has 0 unspecified atom stereocenters.